The van der Waals surface area contributed by atoms with Gasteiger partial charge in [-0.05, 0) is 13.0 Å². The third-order valence-corrected chi connectivity index (χ3v) is 4.64. The molecule has 0 saturated carbocycles. The molecule has 0 amide bonds. The molecule has 144 valence electrons. The van der Waals surface area contributed by atoms with Crippen molar-refractivity contribution in [2.24, 2.45) is 0 Å². The molecular formula is C19H15ClN8O. The lowest BCUT2D eigenvalue weighted by Crippen LogP contribution is -2.14. The lowest BCUT2D eigenvalue weighted by molar-refractivity contribution is 0.432. The quantitative estimate of drug-likeness (QED) is 0.469. The molecule has 10 heteroatoms. The molecular weight excluding hydrogens is 392 g/mol. The van der Waals surface area contributed by atoms with Gasteiger partial charge in [0.05, 0.1) is 17.9 Å². The summed E-state index contributed by atoms with van der Waals surface area (Å²) < 4.78 is 1.55. The Morgan fingerprint density at radius 1 is 1.28 bits per heavy atom. The molecule has 4 aromatic rings. The number of rotatable bonds is 4. The summed E-state index contributed by atoms with van der Waals surface area (Å²) in [7, 11) is 0. The number of hydrogen-bond donors (Lipinski definition) is 3. The van der Waals surface area contributed by atoms with Crippen molar-refractivity contribution >= 4 is 28.9 Å². The zero-order chi connectivity index (χ0) is 20.5. The Kier molecular flexibility index (Phi) is 4.62. The Morgan fingerprint density at radius 3 is 2.76 bits per heavy atom. The van der Waals surface area contributed by atoms with Crippen LogP contribution in [-0.2, 0) is 0 Å². The lowest BCUT2D eigenvalue weighted by Gasteiger charge is -2.19. The average Bonchev–Trinajstić information content (AvgIpc) is 3.07. The van der Waals surface area contributed by atoms with Gasteiger partial charge in [0.2, 0.25) is 0 Å². The van der Waals surface area contributed by atoms with Crippen LogP contribution in [0.5, 0.6) is 6.01 Å². The van der Waals surface area contributed by atoms with E-state index in [-0.39, 0.29) is 23.2 Å². The normalized spacial score (nSPS) is 11.9. The van der Waals surface area contributed by atoms with E-state index in [1.165, 1.54) is 6.20 Å². The Bertz CT molecular complexity index is 1250. The van der Waals surface area contributed by atoms with Crippen molar-refractivity contribution < 1.29 is 5.11 Å². The highest BCUT2D eigenvalue weighted by Gasteiger charge is 2.20. The number of benzene rings is 1. The van der Waals surface area contributed by atoms with Crippen LogP contribution in [-0.4, -0.2) is 29.7 Å². The number of nitriles is 1. The first-order valence-corrected chi connectivity index (χ1v) is 8.98. The topological polar surface area (TPSA) is 138 Å². The van der Waals surface area contributed by atoms with Gasteiger partial charge in [0.25, 0.3) is 0 Å². The third kappa shape index (κ3) is 3.37. The zero-order valence-corrected chi connectivity index (χ0v) is 16.0. The van der Waals surface area contributed by atoms with Crippen molar-refractivity contribution in [3.63, 3.8) is 0 Å². The second kappa shape index (κ2) is 7.26. The zero-order valence-electron chi connectivity index (χ0n) is 15.2. The number of aromatic nitrogens is 5. The summed E-state index contributed by atoms with van der Waals surface area (Å²) in [5, 5.41) is 27.2. The number of halogens is 1. The highest BCUT2D eigenvalue weighted by atomic mass is 35.5. The Hall–Kier alpha value is -3.90. The fraction of sp³-hybridized carbons (Fsp3) is 0.105. The number of hydrogen-bond acceptors (Lipinski definition) is 8. The Balaban J connectivity index is 1.84. The van der Waals surface area contributed by atoms with Gasteiger partial charge in [-0.2, -0.15) is 20.3 Å². The first-order valence-electron chi connectivity index (χ1n) is 8.60. The van der Waals surface area contributed by atoms with Crippen LogP contribution < -0.4 is 11.1 Å². The van der Waals surface area contributed by atoms with E-state index >= 15 is 0 Å². The van der Waals surface area contributed by atoms with Crippen molar-refractivity contribution in [1.82, 2.24) is 24.6 Å². The summed E-state index contributed by atoms with van der Waals surface area (Å²) in [5.41, 5.74) is 8.72. The maximum atomic E-state index is 9.68. The fourth-order valence-electron chi connectivity index (χ4n) is 3.01. The number of nitrogen functional groups attached to an aromatic ring is 1. The average molecular weight is 407 g/mol. The molecule has 0 aliphatic rings. The van der Waals surface area contributed by atoms with Gasteiger partial charge in [-0.15, -0.1) is 0 Å². The summed E-state index contributed by atoms with van der Waals surface area (Å²) in [5.74, 6) is 0.0249. The SMILES string of the molecule is CC(Nc1nc(O)nc(N)c1C#N)c1cc2ncc(Cl)n2nc1-c1ccccc1. The first kappa shape index (κ1) is 18.5. The van der Waals surface area contributed by atoms with Gasteiger partial charge in [-0.1, -0.05) is 41.9 Å². The largest absolute Gasteiger partial charge is 0.479 e. The predicted octanol–water partition coefficient (Wildman–Crippen LogP) is 3.17. The number of nitrogens with zero attached hydrogens (tertiary/aromatic N) is 6. The molecule has 0 spiro atoms. The van der Waals surface area contributed by atoms with Crippen molar-refractivity contribution in [3.8, 4) is 23.3 Å². The molecule has 0 bridgehead atoms. The van der Waals surface area contributed by atoms with Crippen LogP contribution in [0.25, 0.3) is 16.9 Å². The number of imidazole rings is 1. The van der Waals surface area contributed by atoms with Crippen LogP contribution in [0.4, 0.5) is 11.6 Å². The summed E-state index contributed by atoms with van der Waals surface area (Å²) in [6, 6.07) is 12.5. The molecule has 0 saturated heterocycles. The van der Waals surface area contributed by atoms with Crippen LogP contribution >= 0.6 is 11.6 Å². The number of aromatic hydroxyl groups is 1. The smallest absolute Gasteiger partial charge is 0.317 e. The van der Waals surface area contributed by atoms with Gasteiger partial charge in [-0.3, -0.25) is 0 Å². The van der Waals surface area contributed by atoms with Gasteiger partial charge < -0.3 is 16.2 Å². The second-order valence-electron chi connectivity index (χ2n) is 6.28. The van der Waals surface area contributed by atoms with Gasteiger partial charge in [0, 0.05) is 11.1 Å². The van der Waals surface area contributed by atoms with Crippen molar-refractivity contribution in [2.75, 3.05) is 11.1 Å². The molecule has 4 rings (SSSR count). The maximum absolute atomic E-state index is 9.68. The van der Waals surface area contributed by atoms with E-state index < -0.39 is 6.01 Å². The van der Waals surface area contributed by atoms with Gasteiger partial charge >= 0.3 is 6.01 Å². The van der Waals surface area contributed by atoms with Crippen LogP contribution in [0, 0.1) is 11.3 Å². The Morgan fingerprint density at radius 2 is 2.03 bits per heavy atom. The van der Waals surface area contributed by atoms with E-state index in [0.29, 0.717) is 16.5 Å². The van der Waals surface area contributed by atoms with Crippen molar-refractivity contribution in [3.05, 3.63) is 58.9 Å². The van der Waals surface area contributed by atoms with Crippen molar-refractivity contribution in [1.29, 1.82) is 5.26 Å². The van der Waals surface area contributed by atoms with Crippen LogP contribution in [0.3, 0.4) is 0 Å². The minimum atomic E-state index is -0.520. The summed E-state index contributed by atoms with van der Waals surface area (Å²) >= 11 is 6.20. The third-order valence-electron chi connectivity index (χ3n) is 4.38. The molecule has 4 N–H and O–H groups in total. The monoisotopic (exact) mass is 406 g/mol. The molecule has 29 heavy (non-hydrogen) atoms. The summed E-state index contributed by atoms with van der Waals surface area (Å²) in [6.07, 6.45) is 1.53. The number of nitrogens with two attached hydrogens (primary N) is 1. The van der Waals surface area contributed by atoms with Crippen molar-refractivity contribution in [2.45, 2.75) is 13.0 Å². The molecule has 0 fully saturated rings. The number of fused-ring (bicyclic) bond motifs is 1. The van der Waals surface area contributed by atoms with Gasteiger partial charge in [-0.25, -0.2) is 9.50 Å². The minimum absolute atomic E-state index is 0.0498. The molecule has 3 aromatic heterocycles. The highest BCUT2D eigenvalue weighted by Crippen LogP contribution is 2.31. The van der Waals surface area contributed by atoms with Gasteiger partial charge in [0.15, 0.2) is 22.4 Å². The fourth-order valence-corrected chi connectivity index (χ4v) is 3.19. The summed E-state index contributed by atoms with van der Waals surface area (Å²) in [4.78, 5) is 11.8. The lowest BCUT2D eigenvalue weighted by atomic mass is 10.0. The molecule has 0 radical (unpaired) electrons. The predicted molar refractivity (Wildman–Crippen MR) is 108 cm³/mol. The summed E-state index contributed by atoms with van der Waals surface area (Å²) in [6.45, 7) is 1.88. The van der Waals surface area contributed by atoms with E-state index in [4.69, 9.17) is 17.3 Å². The second-order valence-corrected chi connectivity index (χ2v) is 6.66. The van der Waals surface area contributed by atoms with E-state index in [1.54, 1.807) is 4.52 Å². The molecule has 0 aliphatic heterocycles. The maximum Gasteiger partial charge on any atom is 0.317 e. The molecule has 1 atom stereocenters. The van der Waals surface area contributed by atoms with Gasteiger partial charge in [0.1, 0.15) is 11.6 Å². The van der Waals surface area contributed by atoms with E-state index in [0.717, 1.165) is 11.1 Å². The minimum Gasteiger partial charge on any atom is -0.479 e. The standard InChI is InChI=1S/C19H15ClN8O/c1-10(24-18-13(8-21)17(22)25-19(29)26-18)12-7-15-23-9-14(20)28(15)27-16(12)11-5-3-2-4-6-11/h2-7,9-10H,1H3,(H4,22,24,25,26,29). The number of nitrogens with one attached hydrogen (secondary N) is 1. The van der Waals surface area contributed by atoms with E-state index in [9.17, 15) is 10.4 Å². The Labute approximate surface area is 170 Å². The molecule has 1 unspecified atom stereocenters. The van der Waals surface area contributed by atoms with E-state index in [1.807, 2.05) is 49.4 Å². The van der Waals surface area contributed by atoms with Crippen LogP contribution in [0.1, 0.15) is 24.1 Å². The molecule has 0 aliphatic carbocycles. The van der Waals surface area contributed by atoms with Crippen LogP contribution in [0.15, 0.2) is 42.6 Å². The highest BCUT2D eigenvalue weighted by molar-refractivity contribution is 6.29. The number of anilines is 2. The van der Waals surface area contributed by atoms with Crippen LogP contribution in [0.2, 0.25) is 5.15 Å². The molecule has 1 aromatic carbocycles. The molecule has 9 nitrogen and oxygen atoms in total. The van der Waals surface area contributed by atoms with E-state index in [2.05, 4.69) is 25.4 Å². The first-order chi connectivity index (χ1) is 14.0. The molecule has 3 heterocycles.